The van der Waals surface area contributed by atoms with E-state index in [0.717, 1.165) is 39.1 Å². The van der Waals surface area contributed by atoms with Gasteiger partial charge < -0.3 is 15.4 Å². The van der Waals surface area contributed by atoms with Crippen molar-refractivity contribution in [3.63, 3.8) is 0 Å². The molecule has 2 fully saturated rings. The Labute approximate surface area is 109 Å². The van der Waals surface area contributed by atoms with Gasteiger partial charge in [0.1, 0.15) is 0 Å². The fraction of sp³-hybridized carbons (Fsp3) is 0.600. The first kappa shape index (κ1) is 12.0. The quantitative estimate of drug-likeness (QED) is 0.869. The van der Waals surface area contributed by atoms with Gasteiger partial charge in [-0.3, -0.25) is 0 Å². The van der Waals surface area contributed by atoms with Crippen molar-refractivity contribution in [1.29, 1.82) is 0 Å². The summed E-state index contributed by atoms with van der Waals surface area (Å²) in [6, 6.07) is 6.71. The molecule has 0 spiro atoms. The highest BCUT2D eigenvalue weighted by Crippen LogP contribution is 2.43. The topological polar surface area (TPSA) is 38.5 Å². The van der Waals surface area contributed by atoms with Crippen LogP contribution in [0.15, 0.2) is 18.2 Å². The normalized spacial score (nSPS) is 22.7. The molecule has 1 aromatic carbocycles. The van der Waals surface area contributed by atoms with E-state index in [1.54, 1.807) is 0 Å². The van der Waals surface area contributed by atoms with Gasteiger partial charge in [-0.05, 0) is 43.4 Å². The fourth-order valence-corrected chi connectivity index (χ4v) is 2.96. The molecule has 0 atom stereocenters. The minimum Gasteiger partial charge on any atom is -0.378 e. The van der Waals surface area contributed by atoms with E-state index in [9.17, 15) is 0 Å². The Bertz CT molecular complexity index is 434. The van der Waals surface area contributed by atoms with E-state index < -0.39 is 0 Å². The standard InChI is InChI=1S/C15H22N2O/c1-12-3-4-13(15(16)5-2-6-15)14(11-12)17-7-9-18-10-8-17/h3-4,11H,2,5-10,16H2,1H3. The van der Waals surface area contributed by atoms with Crippen LogP contribution in [0.3, 0.4) is 0 Å². The van der Waals surface area contributed by atoms with Gasteiger partial charge in [-0.2, -0.15) is 0 Å². The fourth-order valence-electron chi connectivity index (χ4n) is 2.96. The Balaban J connectivity index is 1.97. The second kappa shape index (κ2) is 4.56. The lowest BCUT2D eigenvalue weighted by molar-refractivity contribution is 0.122. The van der Waals surface area contributed by atoms with Crippen LogP contribution in [0.25, 0.3) is 0 Å². The first-order chi connectivity index (χ1) is 8.69. The van der Waals surface area contributed by atoms with Gasteiger partial charge in [0.25, 0.3) is 0 Å². The Kier molecular flexibility index (Phi) is 3.04. The number of hydrogen-bond donors (Lipinski definition) is 1. The first-order valence-corrected chi connectivity index (χ1v) is 6.92. The molecule has 1 aliphatic heterocycles. The zero-order valence-electron chi connectivity index (χ0n) is 11.1. The SMILES string of the molecule is Cc1ccc(C2(N)CCC2)c(N2CCOCC2)c1. The van der Waals surface area contributed by atoms with Crippen LogP contribution in [0.4, 0.5) is 5.69 Å². The van der Waals surface area contributed by atoms with E-state index in [0.29, 0.717) is 0 Å². The summed E-state index contributed by atoms with van der Waals surface area (Å²) in [4.78, 5) is 2.43. The van der Waals surface area contributed by atoms with Gasteiger partial charge in [0.2, 0.25) is 0 Å². The molecule has 0 bridgehead atoms. The van der Waals surface area contributed by atoms with Crippen molar-refractivity contribution in [1.82, 2.24) is 0 Å². The summed E-state index contributed by atoms with van der Waals surface area (Å²) in [5, 5.41) is 0. The molecule has 0 radical (unpaired) electrons. The summed E-state index contributed by atoms with van der Waals surface area (Å²) in [6.45, 7) is 5.76. The van der Waals surface area contributed by atoms with E-state index >= 15 is 0 Å². The molecule has 1 aromatic rings. The van der Waals surface area contributed by atoms with Gasteiger partial charge in [0.15, 0.2) is 0 Å². The number of nitrogens with two attached hydrogens (primary N) is 1. The number of ether oxygens (including phenoxy) is 1. The number of hydrogen-bond acceptors (Lipinski definition) is 3. The average Bonchev–Trinajstić information content (AvgIpc) is 2.37. The molecule has 3 heteroatoms. The van der Waals surface area contributed by atoms with Gasteiger partial charge >= 0.3 is 0 Å². The highest BCUT2D eigenvalue weighted by atomic mass is 16.5. The molecular weight excluding hydrogens is 224 g/mol. The lowest BCUT2D eigenvalue weighted by Crippen LogP contribution is -2.46. The molecule has 98 valence electrons. The van der Waals surface area contributed by atoms with Gasteiger partial charge in [-0.25, -0.2) is 0 Å². The third-order valence-electron chi connectivity index (χ3n) is 4.29. The predicted molar refractivity (Wildman–Crippen MR) is 73.9 cm³/mol. The second-order valence-corrected chi connectivity index (χ2v) is 5.63. The van der Waals surface area contributed by atoms with Gasteiger partial charge in [-0.1, -0.05) is 12.1 Å². The molecule has 1 saturated carbocycles. The van der Waals surface area contributed by atoms with Gasteiger partial charge in [0, 0.05) is 24.3 Å². The molecule has 0 aromatic heterocycles. The van der Waals surface area contributed by atoms with Crippen molar-refractivity contribution >= 4 is 5.69 Å². The lowest BCUT2D eigenvalue weighted by atomic mass is 9.72. The van der Waals surface area contributed by atoms with Crippen molar-refractivity contribution < 1.29 is 4.74 Å². The summed E-state index contributed by atoms with van der Waals surface area (Å²) in [7, 11) is 0. The number of anilines is 1. The smallest absolute Gasteiger partial charge is 0.0642 e. The van der Waals surface area contributed by atoms with Gasteiger partial charge in [-0.15, -0.1) is 0 Å². The summed E-state index contributed by atoms with van der Waals surface area (Å²) in [6.07, 6.45) is 3.49. The van der Waals surface area contributed by atoms with E-state index in [1.807, 2.05) is 0 Å². The van der Waals surface area contributed by atoms with Crippen LogP contribution in [0.1, 0.15) is 30.4 Å². The summed E-state index contributed by atoms with van der Waals surface area (Å²) in [5.41, 5.74) is 10.4. The lowest BCUT2D eigenvalue weighted by Gasteiger charge is -2.42. The third kappa shape index (κ3) is 2.02. The second-order valence-electron chi connectivity index (χ2n) is 5.63. The number of morpholine rings is 1. The van der Waals surface area contributed by atoms with Crippen LogP contribution < -0.4 is 10.6 Å². The molecular formula is C15H22N2O. The molecule has 1 saturated heterocycles. The zero-order valence-corrected chi connectivity index (χ0v) is 11.1. The minimum absolute atomic E-state index is 0.0820. The van der Waals surface area contributed by atoms with E-state index in [2.05, 4.69) is 30.0 Å². The molecule has 2 N–H and O–H groups in total. The molecule has 0 amide bonds. The molecule has 1 aliphatic carbocycles. The summed E-state index contributed by atoms with van der Waals surface area (Å²) >= 11 is 0. The zero-order chi connectivity index (χ0) is 12.6. The number of benzene rings is 1. The van der Waals surface area contributed by atoms with Crippen molar-refractivity contribution in [2.75, 3.05) is 31.2 Å². The van der Waals surface area contributed by atoms with E-state index in [1.165, 1.54) is 23.2 Å². The molecule has 3 nitrogen and oxygen atoms in total. The molecule has 2 aliphatic rings. The predicted octanol–water partition coefficient (Wildman–Crippen LogP) is 2.17. The van der Waals surface area contributed by atoms with Crippen LogP contribution in [-0.2, 0) is 10.3 Å². The highest BCUT2D eigenvalue weighted by molar-refractivity contribution is 5.59. The number of nitrogens with zero attached hydrogens (tertiary/aromatic N) is 1. The van der Waals surface area contributed by atoms with Crippen LogP contribution in [-0.4, -0.2) is 26.3 Å². The van der Waals surface area contributed by atoms with Crippen LogP contribution in [0.5, 0.6) is 0 Å². The summed E-state index contributed by atoms with van der Waals surface area (Å²) < 4.78 is 5.44. The number of rotatable bonds is 2. The largest absolute Gasteiger partial charge is 0.378 e. The molecule has 0 unspecified atom stereocenters. The Morgan fingerprint density at radius 1 is 1.22 bits per heavy atom. The third-order valence-corrected chi connectivity index (χ3v) is 4.29. The first-order valence-electron chi connectivity index (χ1n) is 6.92. The Morgan fingerprint density at radius 3 is 2.56 bits per heavy atom. The van der Waals surface area contributed by atoms with E-state index in [-0.39, 0.29) is 5.54 Å². The maximum atomic E-state index is 6.52. The highest BCUT2D eigenvalue weighted by Gasteiger charge is 2.37. The molecule has 18 heavy (non-hydrogen) atoms. The Morgan fingerprint density at radius 2 is 1.94 bits per heavy atom. The van der Waals surface area contributed by atoms with Crippen LogP contribution in [0, 0.1) is 6.92 Å². The maximum absolute atomic E-state index is 6.52. The average molecular weight is 246 g/mol. The van der Waals surface area contributed by atoms with Crippen LogP contribution in [0.2, 0.25) is 0 Å². The summed E-state index contributed by atoms with van der Waals surface area (Å²) in [5.74, 6) is 0. The van der Waals surface area contributed by atoms with Crippen molar-refractivity contribution in [3.8, 4) is 0 Å². The number of aryl methyl sites for hydroxylation is 1. The van der Waals surface area contributed by atoms with Crippen molar-refractivity contribution in [2.45, 2.75) is 31.7 Å². The maximum Gasteiger partial charge on any atom is 0.0642 e. The van der Waals surface area contributed by atoms with E-state index in [4.69, 9.17) is 10.5 Å². The van der Waals surface area contributed by atoms with Crippen molar-refractivity contribution in [3.05, 3.63) is 29.3 Å². The van der Waals surface area contributed by atoms with Gasteiger partial charge in [0.05, 0.1) is 13.2 Å². The Hall–Kier alpha value is -1.06. The van der Waals surface area contributed by atoms with Crippen LogP contribution >= 0.6 is 0 Å². The van der Waals surface area contributed by atoms with Crippen molar-refractivity contribution in [2.24, 2.45) is 5.73 Å². The molecule has 3 rings (SSSR count). The molecule has 1 heterocycles. The minimum atomic E-state index is -0.0820. The monoisotopic (exact) mass is 246 g/mol.